The number of carboxylic acids is 1. The fraction of sp³-hybridized carbons (Fsp3) is 0.375. The van der Waals surface area contributed by atoms with Gasteiger partial charge in [0.1, 0.15) is 11.9 Å². The number of halogens is 1. The van der Waals surface area contributed by atoms with Crippen molar-refractivity contribution in [3.05, 3.63) is 47.0 Å². The zero-order valence-corrected chi connectivity index (χ0v) is 13.5. The molecule has 2 rings (SSSR count). The van der Waals surface area contributed by atoms with Crippen LogP contribution in [0.15, 0.2) is 24.3 Å². The van der Waals surface area contributed by atoms with E-state index in [9.17, 15) is 14.0 Å². The Kier molecular flexibility index (Phi) is 5.62. The zero-order chi connectivity index (χ0) is 17.7. The number of nitrogens with zero attached hydrogens (tertiary/aromatic N) is 3. The number of hydrogen-bond donors (Lipinski definition) is 2. The summed E-state index contributed by atoms with van der Waals surface area (Å²) >= 11 is 0. The summed E-state index contributed by atoms with van der Waals surface area (Å²) < 4.78 is 14.4. The Balaban J connectivity index is 2.12. The van der Waals surface area contributed by atoms with E-state index in [0.29, 0.717) is 25.1 Å². The molecule has 0 aliphatic carbocycles. The van der Waals surface area contributed by atoms with Gasteiger partial charge in [-0.15, -0.1) is 5.10 Å². The summed E-state index contributed by atoms with van der Waals surface area (Å²) in [7, 11) is 0. The lowest BCUT2D eigenvalue weighted by Crippen LogP contribution is -2.41. The number of carbonyl (C=O) groups excluding carboxylic acids is 1. The van der Waals surface area contributed by atoms with Gasteiger partial charge in [-0.25, -0.2) is 13.9 Å². The Morgan fingerprint density at radius 2 is 2.00 bits per heavy atom. The van der Waals surface area contributed by atoms with Crippen molar-refractivity contribution in [2.24, 2.45) is 0 Å². The van der Waals surface area contributed by atoms with E-state index in [1.54, 1.807) is 19.1 Å². The van der Waals surface area contributed by atoms with Gasteiger partial charge in [-0.05, 0) is 31.0 Å². The largest absolute Gasteiger partial charge is 0.480 e. The van der Waals surface area contributed by atoms with Gasteiger partial charge in [0.05, 0.1) is 12.2 Å². The lowest BCUT2D eigenvalue weighted by Gasteiger charge is -2.12. The Bertz CT molecular complexity index is 727. The van der Waals surface area contributed by atoms with E-state index in [-0.39, 0.29) is 11.5 Å². The van der Waals surface area contributed by atoms with Crippen molar-refractivity contribution in [1.82, 2.24) is 20.3 Å². The Morgan fingerprint density at radius 1 is 1.33 bits per heavy atom. The lowest BCUT2D eigenvalue weighted by atomic mass is 10.1. The molecular weight excluding hydrogens is 315 g/mol. The first-order valence-corrected chi connectivity index (χ1v) is 7.60. The predicted molar refractivity (Wildman–Crippen MR) is 84.1 cm³/mol. The first-order chi connectivity index (χ1) is 11.4. The van der Waals surface area contributed by atoms with E-state index in [1.807, 2.05) is 6.92 Å². The van der Waals surface area contributed by atoms with E-state index in [4.69, 9.17) is 5.11 Å². The maximum absolute atomic E-state index is 12.9. The van der Waals surface area contributed by atoms with Crippen molar-refractivity contribution in [2.45, 2.75) is 39.3 Å². The summed E-state index contributed by atoms with van der Waals surface area (Å²) in [6.45, 7) is 3.85. The highest BCUT2D eigenvalue weighted by atomic mass is 19.1. The van der Waals surface area contributed by atoms with Gasteiger partial charge in [0.2, 0.25) is 0 Å². The first kappa shape index (κ1) is 17.6. The molecule has 2 aromatic rings. The molecule has 0 saturated carbocycles. The van der Waals surface area contributed by atoms with Crippen LogP contribution in [0.5, 0.6) is 0 Å². The Labute approximate surface area is 138 Å². The molecule has 0 aliphatic heterocycles. The van der Waals surface area contributed by atoms with Crippen molar-refractivity contribution < 1.29 is 19.1 Å². The minimum absolute atomic E-state index is 0.0828. The number of aromatic nitrogens is 3. The van der Waals surface area contributed by atoms with Gasteiger partial charge in [-0.2, -0.15) is 0 Å². The molecule has 0 spiro atoms. The maximum Gasteiger partial charge on any atom is 0.326 e. The van der Waals surface area contributed by atoms with E-state index >= 15 is 0 Å². The molecular formula is C16H19FN4O3. The van der Waals surface area contributed by atoms with Crippen LogP contribution in [-0.2, 0) is 11.3 Å². The molecule has 1 aromatic heterocycles. The van der Waals surface area contributed by atoms with Crippen LogP contribution in [0.4, 0.5) is 4.39 Å². The van der Waals surface area contributed by atoms with Gasteiger partial charge < -0.3 is 10.4 Å². The second-order valence-electron chi connectivity index (χ2n) is 5.46. The van der Waals surface area contributed by atoms with Gasteiger partial charge in [0.25, 0.3) is 5.91 Å². The SMILES string of the molecule is CCCC(NC(=O)c1nnn(Cc2ccc(F)cc2)c1C)C(=O)O. The molecule has 0 radical (unpaired) electrons. The molecule has 0 fully saturated rings. The third-order valence-corrected chi connectivity index (χ3v) is 3.62. The van der Waals surface area contributed by atoms with Crippen LogP contribution < -0.4 is 5.32 Å². The molecule has 0 bridgehead atoms. The predicted octanol–water partition coefficient (Wildman–Crippen LogP) is 1.76. The van der Waals surface area contributed by atoms with Crippen LogP contribution >= 0.6 is 0 Å². The molecule has 1 atom stereocenters. The monoisotopic (exact) mass is 334 g/mol. The average molecular weight is 334 g/mol. The number of hydrogen-bond acceptors (Lipinski definition) is 4. The van der Waals surface area contributed by atoms with Gasteiger partial charge in [0.15, 0.2) is 5.69 Å². The standard InChI is InChI=1S/C16H19FN4O3/c1-3-4-13(16(23)24)18-15(22)14-10(2)21(20-19-14)9-11-5-7-12(17)8-6-11/h5-8,13H,3-4,9H2,1-2H3,(H,18,22)(H,23,24). The molecule has 2 N–H and O–H groups in total. The summed E-state index contributed by atoms with van der Waals surface area (Å²) in [6.07, 6.45) is 0.970. The van der Waals surface area contributed by atoms with E-state index < -0.39 is 17.9 Å². The van der Waals surface area contributed by atoms with Crippen LogP contribution in [0, 0.1) is 12.7 Å². The minimum atomic E-state index is -1.08. The summed E-state index contributed by atoms with van der Waals surface area (Å²) in [5.41, 5.74) is 1.41. The van der Waals surface area contributed by atoms with Crippen molar-refractivity contribution in [3.63, 3.8) is 0 Å². The zero-order valence-electron chi connectivity index (χ0n) is 13.5. The molecule has 128 valence electrons. The van der Waals surface area contributed by atoms with Gasteiger partial charge >= 0.3 is 5.97 Å². The van der Waals surface area contributed by atoms with E-state index in [2.05, 4.69) is 15.6 Å². The smallest absolute Gasteiger partial charge is 0.326 e. The summed E-state index contributed by atoms with van der Waals surface area (Å²) in [6, 6.07) is 4.98. The van der Waals surface area contributed by atoms with Gasteiger partial charge in [0, 0.05) is 0 Å². The average Bonchev–Trinajstić information content (AvgIpc) is 2.90. The van der Waals surface area contributed by atoms with Crippen molar-refractivity contribution in [1.29, 1.82) is 0 Å². The molecule has 1 unspecified atom stereocenters. The molecule has 0 saturated heterocycles. The van der Waals surface area contributed by atoms with E-state index in [0.717, 1.165) is 5.56 Å². The van der Waals surface area contributed by atoms with Gasteiger partial charge in [-0.1, -0.05) is 30.7 Å². The number of amides is 1. The second kappa shape index (κ2) is 7.67. The van der Waals surface area contributed by atoms with Crippen molar-refractivity contribution in [3.8, 4) is 0 Å². The third kappa shape index (κ3) is 4.15. The van der Waals surface area contributed by atoms with Crippen LogP contribution in [0.25, 0.3) is 0 Å². The highest BCUT2D eigenvalue weighted by molar-refractivity contribution is 5.95. The van der Waals surface area contributed by atoms with Gasteiger partial charge in [-0.3, -0.25) is 4.79 Å². The van der Waals surface area contributed by atoms with Crippen molar-refractivity contribution >= 4 is 11.9 Å². The number of nitrogens with one attached hydrogen (secondary N) is 1. The minimum Gasteiger partial charge on any atom is -0.480 e. The fourth-order valence-corrected chi connectivity index (χ4v) is 2.26. The number of aliphatic carboxylic acids is 1. The summed E-state index contributed by atoms with van der Waals surface area (Å²) in [5, 5.41) is 19.3. The van der Waals surface area contributed by atoms with Crippen LogP contribution in [0.3, 0.4) is 0 Å². The fourth-order valence-electron chi connectivity index (χ4n) is 2.26. The number of carboxylic acid groups (broad SMARTS) is 1. The highest BCUT2D eigenvalue weighted by Crippen LogP contribution is 2.10. The maximum atomic E-state index is 12.9. The van der Waals surface area contributed by atoms with Crippen LogP contribution in [0.2, 0.25) is 0 Å². The van der Waals surface area contributed by atoms with E-state index in [1.165, 1.54) is 16.8 Å². The first-order valence-electron chi connectivity index (χ1n) is 7.60. The molecule has 1 amide bonds. The summed E-state index contributed by atoms with van der Waals surface area (Å²) in [5.74, 6) is -1.98. The second-order valence-corrected chi connectivity index (χ2v) is 5.46. The number of benzene rings is 1. The molecule has 1 aromatic carbocycles. The summed E-state index contributed by atoms with van der Waals surface area (Å²) in [4.78, 5) is 23.4. The molecule has 8 heteroatoms. The van der Waals surface area contributed by atoms with Crippen molar-refractivity contribution in [2.75, 3.05) is 0 Å². The van der Waals surface area contributed by atoms with Crippen LogP contribution in [-0.4, -0.2) is 38.0 Å². The Morgan fingerprint density at radius 3 is 2.58 bits per heavy atom. The highest BCUT2D eigenvalue weighted by Gasteiger charge is 2.23. The molecule has 24 heavy (non-hydrogen) atoms. The lowest BCUT2D eigenvalue weighted by molar-refractivity contribution is -0.139. The topological polar surface area (TPSA) is 97.1 Å². The van der Waals surface area contributed by atoms with Crippen LogP contribution in [0.1, 0.15) is 41.5 Å². The molecule has 0 aliphatic rings. The Hall–Kier alpha value is -2.77. The molecule has 7 nitrogen and oxygen atoms in total. The number of carbonyl (C=O) groups is 2. The normalized spacial score (nSPS) is 12.0. The number of rotatable bonds is 7. The molecule has 1 heterocycles. The third-order valence-electron chi connectivity index (χ3n) is 3.62. The quantitative estimate of drug-likeness (QED) is 0.804.